The fourth-order valence-electron chi connectivity index (χ4n) is 2.78. The van der Waals surface area contributed by atoms with Gasteiger partial charge in [-0.15, -0.1) is 11.3 Å². The van der Waals surface area contributed by atoms with Crippen LogP contribution in [0.4, 0.5) is 5.82 Å². The third-order valence-electron chi connectivity index (χ3n) is 4.33. The van der Waals surface area contributed by atoms with E-state index in [9.17, 15) is 0 Å². The summed E-state index contributed by atoms with van der Waals surface area (Å²) < 4.78 is 0. The number of aryl methyl sites for hydroxylation is 1. The number of fused-ring (bicyclic) bond motifs is 1. The normalized spacial score (nSPS) is 11.4. The zero-order chi connectivity index (χ0) is 17.6. The SMILES string of the molecule is CCc1cc2c(NCCN(CC)CC)nc(-c3cccnc3)nc2s1. The molecule has 0 aliphatic carbocycles. The molecule has 1 N–H and O–H groups in total. The zero-order valence-corrected chi connectivity index (χ0v) is 15.9. The number of anilines is 1. The Morgan fingerprint density at radius 1 is 1.16 bits per heavy atom. The zero-order valence-electron chi connectivity index (χ0n) is 15.1. The molecule has 6 heteroatoms. The van der Waals surface area contributed by atoms with Gasteiger partial charge in [0.15, 0.2) is 5.82 Å². The van der Waals surface area contributed by atoms with Gasteiger partial charge >= 0.3 is 0 Å². The Balaban J connectivity index is 1.92. The predicted octanol–water partition coefficient (Wildman–Crippen LogP) is 4.07. The van der Waals surface area contributed by atoms with Crippen LogP contribution >= 0.6 is 11.3 Å². The van der Waals surface area contributed by atoms with Crippen LogP contribution in [-0.4, -0.2) is 46.0 Å². The second-order valence-corrected chi connectivity index (χ2v) is 6.99. The second-order valence-electron chi connectivity index (χ2n) is 5.88. The van der Waals surface area contributed by atoms with Crippen molar-refractivity contribution < 1.29 is 0 Å². The summed E-state index contributed by atoms with van der Waals surface area (Å²) in [6, 6.07) is 6.14. The van der Waals surface area contributed by atoms with Crippen LogP contribution in [0.1, 0.15) is 25.6 Å². The molecular formula is C19H25N5S. The van der Waals surface area contributed by atoms with Crippen molar-refractivity contribution >= 4 is 27.4 Å². The summed E-state index contributed by atoms with van der Waals surface area (Å²) in [7, 11) is 0. The van der Waals surface area contributed by atoms with Crippen molar-refractivity contribution in [3.8, 4) is 11.4 Å². The van der Waals surface area contributed by atoms with Crippen molar-refractivity contribution in [3.63, 3.8) is 0 Å². The average molecular weight is 356 g/mol. The predicted molar refractivity (Wildman–Crippen MR) is 106 cm³/mol. The van der Waals surface area contributed by atoms with E-state index in [1.807, 2.05) is 18.3 Å². The van der Waals surface area contributed by atoms with Crippen molar-refractivity contribution in [2.75, 3.05) is 31.5 Å². The summed E-state index contributed by atoms with van der Waals surface area (Å²) in [6.45, 7) is 10.6. The molecule has 0 aliphatic rings. The van der Waals surface area contributed by atoms with Gasteiger partial charge in [-0.2, -0.15) is 0 Å². The van der Waals surface area contributed by atoms with E-state index in [4.69, 9.17) is 9.97 Å². The molecule has 0 fully saturated rings. The van der Waals surface area contributed by atoms with Crippen LogP contribution in [0.3, 0.4) is 0 Å². The summed E-state index contributed by atoms with van der Waals surface area (Å²) in [5, 5.41) is 4.65. The summed E-state index contributed by atoms with van der Waals surface area (Å²) in [5.74, 6) is 1.66. The number of hydrogen-bond donors (Lipinski definition) is 1. The molecule has 132 valence electrons. The first kappa shape index (κ1) is 17.8. The lowest BCUT2D eigenvalue weighted by molar-refractivity contribution is 0.316. The third-order valence-corrected chi connectivity index (χ3v) is 5.50. The summed E-state index contributed by atoms with van der Waals surface area (Å²) in [4.78, 5) is 18.5. The molecular weight excluding hydrogens is 330 g/mol. The molecule has 3 aromatic heterocycles. The highest BCUT2D eigenvalue weighted by molar-refractivity contribution is 7.18. The lowest BCUT2D eigenvalue weighted by Gasteiger charge is -2.18. The minimum atomic E-state index is 0.732. The molecule has 0 unspecified atom stereocenters. The van der Waals surface area contributed by atoms with Crippen molar-refractivity contribution in [2.45, 2.75) is 27.2 Å². The van der Waals surface area contributed by atoms with E-state index in [0.717, 1.165) is 60.0 Å². The topological polar surface area (TPSA) is 53.9 Å². The van der Waals surface area contributed by atoms with Crippen molar-refractivity contribution in [1.29, 1.82) is 0 Å². The van der Waals surface area contributed by atoms with E-state index in [2.05, 4.69) is 42.0 Å². The van der Waals surface area contributed by atoms with Gasteiger partial charge in [-0.25, -0.2) is 9.97 Å². The summed E-state index contributed by atoms with van der Waals surface area (Å²) in [5.41, 5.74) is 0.947. The molecule has 3 rings (SSSR count). The van der Waals surface area contributed by atoms with Gasteiger partial charge in [0.05, 0.1) is 5.39 Å². The van der Waals surface area contributed by atoms with Crippen LogP contribution in [-0.2, 0) is 6.42 Å². The summed E-state index contributed by atoms with van der Waals surface area (Å²) >= 11 is 1.75. The van der Waals surface area contributed by atoms with Crippen molar-refractivity contribution in [2.24, 2.45) is 0 Å². The van der Waals surface area contributed by atoms with Crippen LogP contribution in [0.15, 0.2) is 30.6 Å². The van der Waals surface area contributed by atoms with Crippen LogP contribution < -0.4 is 5.32 Å². The number of nitrogens with zero attached hydrogens (tertiary/aromatic N) is 4. The highest BCUT2D eigenvalue weighted by Gasteiger charge is 2.13. The van der Waals surface area contributed by atoms with Crippen molar-refractivity contribution in [3.05, 3.63) is 35.5 Å². The van der Waals surface area contributed by atoms with Gasteiger partial charge in [0, 0.05) is 35.9 Å². The number of rotatable bonds is 8. The number of nitrogens with one attached hydrogen (secondary N) is 1. The van der Waals surface area contributed by atoms with Gasteiger partial charge in [-0.05, 0) is 37.7 Å². The maximum Gasteiger partial charge on any atom is 0.164 e. The van der Waals surface area contributed by atoms with Crippen molar-refractivity contribution in [1.82, 2.24) is 19.9 Å². The first-order chi connectivity index (χ1) is 12.2. The van der Waals surface area contributed by atoms with E-state index < -0.39 is 0 Å². The Labute approximate surface area is 153 Å². The first-order valence-electron chi connectivity index (χ1n) is 8.92. The van der Waals surface area contributed by atoms with Crippen LogP contribution in [0.5, 0.6) is 0 Å². The quantitative estimate of drug-likeness (QED) is 0.660. The second kappa shape index (κ2) is 8.36. The van der Waals surface area contributed by atoms with Gasteiger partial charge in [-0.3, -0.25) is 4.98 Å². The number of likely N-dealkylation sites (N-methyl/N-ethyl adjacent to an activating group) is 1. The molecule has 0 radical (unpaired) electrons. The van der Waals surface area contributed by atoms with E-state index in [-0.39, 0.29) is 0 Å². The van der Waals surface area contributed by atoms with Crippen LogP contribution in [0.25, 0.3) is 21.6 Å². The highest BCUT2D eigenvalue weighted by Crippen LogP contribution is 2.31. The molecule has 0 spiro atoms. The molecule has 5 nitrogen and oxygen atoms in total. The molecule has 0 bridgehead atoms. The number of aromatic nitrogens is 3. The molecule has 0 saturated carbocycles. The van der Waals surface area contributed by atoms with Gasteiger partial charge in [-0.1, -0.05) is 20.8 Å². The van der Waals surface area contributed by atoms with Crippen LogP contribution in [0.2, 0.25) is 0 Å². The third kappa shape index (κ3) is 4.14. The van der Waals surface area contributed by atoms with E-state index >= 15 is 0 Å². The Kier molecular flexibility index (Phi) is 5.94. The minimum absolute atomic E-state index is 0.732. The Bertz CT molecular complexity index is 811. The van der Waals surface area contributed by atoms with Gasteiger partial charge in [0.1, 0.15) is 10.6 Å². The molecule has 3 heterocycles. The molecule has 3 aromatic rings. The van der Waals surface area contributed by atoms with E-state index in [0.29, 0.717) is 0 Å². The highest BCUT2D eigenvalue weighted by atomic mass is 32.1. The molecule has 25 heavy (non-hydrogen) atoms. The monoisotopic (exact) mass is 355 g/mol. The lowest BCUT2D eigenvalue weighted by atomic mass is 10.2. The maximum absolute atomic E-state index is 4.79. The molecule has 0 aliphatic heterocycles. The van der Waals surface area contributed by atoms with E-state index in [1.54, 1.807) is 17.5 Å². The Morgan fingerprint density at radius 2 is 2.00 bits per heavy atom. The standard InChI is InChI=1S/C19H25N5S/c1-4-15-12-16-18(21-10-11-24(5-2)6-3)22-17(23-19(16)25-15)14-8-7-9-20-13-14/h7-9,12-13H,4-6,10-11H2,1-3H3,(H,21,22,23). The van der Waals surface area contributed by atoms with Gasteiger partial charge in [0.2, 0.25) is 0 Å². The first-order valence-corrected chi connectivity index (χ1v) is 9.73. The largest absolute Gasteiger partial charge is 0.368 e. The fraction of sp³-hybridized carbons (Fsp3) is 0.421. The Morgan fingerprint density at radius 3 is 2.68 bits per heavy atom. The van der Waals surface area contributed by atoms with E-state index in [1.165, 1.54) is 4.88 Å². The van der Waals surface area contributed by atoms with Crippen LogP contribution in [0, 0.1) is 0 Å². The fourth-order valence-corrected chi connectivity index (χ4v) is 3.74. The molecule has 0 aromatic carbocycles. The number of thiophene rings is 1. The maximum atomic E-state index is 4.79. The number of pyridine rings is 1. The smallest absolute Gasteiger partial charge is 0.164 e. The molecule has 0 saturated heterocycles. The summed E-state index contributed by atoms with van der Waals surface area (Å²) in [6.07, 6.45) is 4.60. The lowest BCUT2D eigenvalue weighted by Crippen LogP contribution is -2.28. The minimum Gasteiger partial charge on any atom is -0.368 e. The molecule has 0 atom stereocenters. The average Bonchev–Trinajstić information content (AvgIpc) is 3.09. The molecule has 0 amide bonds. The van der Waals surface area contributed by atoms with Gasteiger partial charge < -0.3 is 10.2 Å². The Hall–Kier alpha value is -2.05. The van der Waals surface area contributed by atoms with Gasteiger partial charge in [0.25, 0.3) is 0 Å². The number of hydrogen-bond acceptors (Lipinski definition) is 6.